The Balaban J connectivity index is 2.13. The number of nitriles is 2. The van der Waals surface area contributed by atoms with E-state index in [0.717, 1.165) is 0 Å². The van der Waals surface area contributed by atoms with E-state index in [1.165, 1.54) is 4.68 Å². The van der Waals surface area contributed by atoms with E-state index in [4.69, 9.17) is 9.47 Å². The van der Waals surface area contributed by atoms with Crippen molar-refractivity contribution in [3.63, 3.8) is 0 Å². The number of hydrogen-bond acceptors (Lipinski definition) is 7. The summed E-state index contributed by atoms with van der Waals surface area (Å²) in [6.07, 6.45) is 2.10. The van der Waals surface area contributed by atoms with Gasteiger partial charge in [0.2, 0.25) is 11.6 Å². The number of ether oxygens (including phenoxy) is 2. The van der Waals surface area contributed by atoms with Crippen LogP contribution in [0.15, 0.2) is 42.6 Å². The molecule has 2 aromatic heterocycles. The number of rotatable bonds is 7. The van der Waals surface area contributed by atoms with Crippen LogP contribution in [-0.2, 0) is 13.0 Å². The second kappa shape index (κ2) is 8.67. The van der Waals surface area contributed by atoms with Crippen molar-refractivity contribution in [1.82, 2.24) is 14.8 Å². The third kappa shape index (κ3) is 3.78. The Morgan fingerprint density at radius 2 is 1.79 bits per heavy atom. The number of benzene rings is 1. The molecule has 0 atom stereocenters. The first-order valence-corrected chi connectivity index (χ1v) is 8.62. The summed E-state index contributed by atoms with van der Waals surface area (Å²) in [6, 6.07) is 14.0. The minimum Gasteiger partial charge on any atom is -0.447 e. The Hall–Kier alpha value is -3.88. The van der Waals surface area contributed by atoms with Gasteiger partial charge in [-0.05, 0) is 24.6 Å². The molecule has 28 heavy (non-hydrogen) atoms. The van der Waals surface area contributed by atoms with Crippen molar-refractivity contribution < 1.29 is 14.6 Å². The van der Waals surface area contributed by atoms with E-state index in [1.54, 1.807) is 42.6 Å². The number of para-hydroxylation sites is 1. The van der Waals surface area contributed by atoms with Crippen LogP contribution >= 0.6 is 0 Å². The molecule has 0 saturated carbocycles. The van der Waals surface area contributed by atoms with Crippen molar-refractivity contribution in [2.45, 2.75) is 19.9 Å². The Bertz CT molecular complexity index is 1020. The van der Waals surface area contributed by atoms with Crippen LogP contribution in [0.1, 0.15) is 23.7 Å². The fourth-order valence-electron chi connectivity index (χ4n) is 2.59. The summed E-state index contributed by atoms with van der Waals surface area (Å²) < 4.78 is 13.4. The molecule has 3 rings (SSSR count). The Labute approximate surface area is 161 Å². The molecule has 140 valence electrons. The minimum atomic E-state index is -0.152. The summed E-state index contributed by atoms with van der Waals surface area (Å²) in [5.41, 5.74) is 1.01. The Morgan fingerprint density at radius 1 is 1.04 bits per heavy atom. The first kappa shape index (κ1) is 18.9. The molecule has 8 nitrogen and oxygen atoms in total. The highest BCUT2D eigenvalue weighted by molar-refractivity contribution is 5.56. The highest BCUT2D eigenvalue weighted by Crippen LogP contribution is 2.40. The lowest BCUT2D eigenvalue weighted by Crippen LogP contribution is -2.06. The van der Waals surface area contributed by atoms with Gasteiger partial charge in [0, 0.05) is 12.3 Å². The Kier molecular flexibility index (Phi) is 5.85. The van der Waals surface area contributed by atoms with E-state index in [0.29, 0.717) is 18.0 Å². The SMILES string of the molecule is CCc1nn(CCO)c(Oc2ccccn2)c1Oc1c(C#N)cccc1C#N. The van der Waals surface area contributed by atoms with Crippen molar-refractivity contribution in [1.29, 1.82) is 10.5 Å². The van der Waals surface area contributed by atoms with Gasteiger partial charge in [0.25, 0.3) is 5.88 Å². The van der Waals surface area contributed by atoms with Crippen LogP contribution in [0.3, 0.4) is 0 Å². The molecule has 0 spiro atoms. The summed E-state index contributed by atoms with van der Waals surface area (Å²) in [4.78, 5) is 4.14. The molecule has 2 heterocycles. The summed E-state index contributed by atoms with van der Waals surface area (Å²) in [6.45, 7) is 1.93. The molecule has 0 saturated heterocycles. The van der Waals surface area contributed by atoms with Gasteiger partial charge in [0.15, 0.2) is 5.75 Å². The van der Waals surface area contributed by atoms with Gasteiger partial charge in [0.05, 0.1) is 24.3 Å². The summed E-state index contributed by atoms with van der Waals surface area (Å²) in [5, 5.41) is 32.6. The molecule has 0 aliphatic carbocycles. The topological polar surface area (TPSA) is 117 Å². The van der Waals surface area contributed by atoms with Crippen molar-refractivity contribution >= 4 is 0 Å². The largest absolute Gasteiger partial charge is 0.447 e. The van der Waals surface area contributed by atoms with Gasteiger partial charge < -0.3 is 14.6 Å². The van der Waals surface area contributed by atoms with Crippen LogP contribution in [0.2, 0.25) is 0 Å². The highest BCUT2D eigenvalue weighted by Gasteiger charge is 2.24. The average Bonchev–Trinajstić information content (AvgIpc) is 3.05. The van der Waals surface area contributed by atoms with Crippen LogP contribution < -0.4 is 9.47 Å². The van der Waals surface area contributed by atoms with Crippen molar-refractivity contribution in [2.75, 3.05) is 6.61 Å². The summed E-state index contributed by atoms with van der Waals surface area (Å²) in [5.74, 6) is 0.974. The zero-order chi connectivity index (χ0) is 19.9. The van der Waals surface area contributed by atoms with E-state index in [-0.39, 0.29) is 41.7 Å². The van der Waals surface area contributed by atoms with Gasteiger partial charge in [-0.3, -0.25) is 0 Å². The molecule has 1 aromatic carbocycles. The smallest absolute Gasteiger partial charge is 0.263 e. The maximum atomic E-state index is 9.40. The van der Waals surface area contributed by atoms with Crippen LogP contribution in [-0.4, -0.2) is 26.5 Å². The van der Waals surface area contributed by atoms with Gasteiger partial charge in [-0.25, -0.2) is 9.67 Å². The second-order valence-corrected chi connectivity index (χ2v) is 5.66. The van der Waals surface area contributed by atoms with Crippen LogP contribution in [0.5, 0.6) is 23.3 Å². The van der Waals surface area contributed by atoms with E-state index >= 15 is 0 Å². The molecule has 3 aromatic rings. The second-order valence-electron chi connectivity index (χ2n) is 5.66. The molecular formula is C20H17N5O3. The number of nitrogens with zero attached hydrogens (tertiary/aromatic N) is 5. The number of pyridine rings is 1. The number of aryl methyl sites for hydroxylation is 1. The van der Waals surface area contributed by atoms with E-state index in [2.05, 4.69) is 10.1 Å². The van der Waals surface area contributed by atoms with Gasteiger partial charge in [-0.15, -0.1) is 0 Å². The first-order chi connectivity index (χ1) is 13.7. The zero-order valence-corrected chi connectivity index (χ0v) is 15.2. The molecule has 0 unspecified atom stereocenters. The standard InChI is InChI=1S/C20H17N5O3/c1-2-16-19(28-18-14(12-21)6-5-7-15(18)13-22)20(25(24-16)10-11-26)27-17-8-3-4-9-23-17/h3-9,26H,2,10-11H2,1H3. The quantitative estimate of drug-likeness (QED) is 0.674. The van der Waals surface area contributed by atoms with E-state index in [9.17, 15) is 15.6 Å². The molecule has 0 radical (unpaired) electrons. The molecular weight excluding hydrogens is 358 g/mol. The van der Waals surface area contributed by atoms with Crippen molar-refractivity contribution in [2.24, 2.45) is 0 Å². The number of aliphatic hydroxyl groups excluding tert-OH is 1. The number of hydrogen-bond donors (Lipinski definition) is 1. The molecule has 8 heteroatoms. The summed E-state index contributed by atoms with van der Waals surface area (Å²) in [7, 11) is 0. The maximum Gasteiger partial charge on any atom is 0.263 e. The number of aliphatic hydroxyl groups is 1. The third-order valence-electron chi connectivity index (χ3n) is 3.88. The molecule has 0 aliphatic rings. The predicted octanol–water partition coefficient (Wildman–Crippen LogP) is 3.16. The molecule has 0 amide bonds. The monoisotopic (exact) mass is 375 g/mol. The highest BCUT2D eigenvalue weighted by atomic mass is 16.5. The molecule has 0 aliphatic heterocycles. The van der Waals surface area contributed by atoms with Crippen LogP contribution in [0.25, 0.3) is 0 Å². The Morgan fingerprint density at radius 3 is 2.36 bits per heavy atom. The fourth-order valence-corrected chi connectivity index (χ4v) is 2.59. The minimum absolute atomic E-state index is 0.136. The van der Waals surface area contributed by atoms with Crippen LogP contribution in [0, 0.1) is 22.7 Å². The molecule has 1 N–H and O–H groups in total. The van der Waals surface area contributed by atoms with Gasteiger partial charge in [0.1, 0.15) is 17.8 Å². The normalized spacial score (nSPS) is 10.1. The lowest BCUT2D eigenvalue weighted by Gasteiger charge is -2.12. The third-order valence-corrected chi connectivity index (χ3v) is 3.88. The van der Waals surface area contributed by atoms with Gasteiger partial charge in [-0.2, -0.15) is 15.6 Å². The van der Waals surface area contributed by atoms with Crippen molar-refractivity contribution in [3.05, 3.63) is 59.4 Å². The molecule has 0 bridgehead atoms. The maximum absolute atomic E-state index is 9.40. The van der Waals surface area contributed by atoms with Crippen molar-refractivity contribution in [3.8, 4) is 35.4 Å². The van der Waals surface area contributed by atoms with E-state index in [1.807, 2.05) is 19.1 Å². The predicted molar refractivity (Wildman–Crippen MR) is 98.9 cm³/mol. The zero-order valence-electron chi connectivity index (χ0n) is 15.2. The number of aromatic nitrogens is 3. The van der Waals surface area contributed by atoms with Gasteiger partial charge >= 0.3 is 0 Å². The molecule has 0 fully saturated rings. The average molecular weight is 375 g/mol. The first-order valence-electron chi connectivity index (χ1n) is 8.62. The lowest BCUT2D eigenvalue weighted by atomic mass is 10.1. The van der Waals surface area contributed by atoms with E-state index < -0.39 is 0 Å². The fraction of sp³-hybridized carbons (Fsp3) is 0.200. The lowest BCUT2D eigenvalue weighted by molar-refractivity contribution is 0.258. The van der Waals surface area contributed by atoms with Gasteiger partial charge in [-0.1, -0.05) is 19.1 Å². The van der Waals surface area contributed by atoms with Crippen LogP contribution in [0.4, 0.5) is 0 Å². The summed E-state index contributed by atoms with van der Waals surface area (Å²) >= 11 is 0.